The second-order valence-corrected chi connectivity index (χ2v) is 6.49. The van der Waals surface area contributed by atoms with Gasteiger partial charge in [-0.1, -0.05) is 0 Å². The fourth-order valence-electron chi connectivity index (χ4n) is 1.77. The monoisotopic (exact) mass is 273 g/mol. The highest BCUT2D eigenvalue weighted by Crippen LogP contribution is 2.39. The third-order valence-electron chi connectivity index (χ3n) is 2.54. The zero-order valence-corrected chi connectivity index (χ0v) is 11.7. The first kappa shape index (κ1) is 12.3. The average Bonchev–Trinajstić information content (AvgIpc) is 2.89. The number of amides is 1. The minimum Gasteiger partial charge on any atom is -0.326 e. The van der Waals surface area contributed by atoms with Crippen LogP contribution in [-0.4, -0.2) is 35.1 Å². The summed E-state index contributed by atoms with van der Waals surface area (Å²) in [6.07, 6.45) is 3.20. The zero-order valence-electron chi connectivity index (χ0n) is 9.22. The van der Waals surface area contributed by atoms with Gasteiger partial charge in [-0.25, -0.2) is 0 Å². The van der Waals surface area contributed by atoms with Gasteiger partial charge in [0.15, 0.2) is 0 Å². The molecule has 1 aliphatic heterocycles. The summed E-state index contributed by atoms with van der Waals surface area (Å²) in [6.45, 7) is 0.896. The Labute approximate surface area is 109 Å². The lowest BCUT2D eigenvalue weighted by Crippen LogP contribution is -2.29. The van der Waals surface area contributed by atoms with E-state index in [9.17, 15) is 4.79 Å². The number of thiophene rings is 1. The van der Waals surface area contributed by atoms with Crippen LogP contribution in [0.3, 0.4) is 0 Å². The molecule has 1 amide bonds. The molecule has 1 aromatic rings. The maximum atomic E-state index is 11.8. The summed E-state index contributed by atoms with van der Waals surface area (Å²) in [5, 5.41) is 4.50. The number of carbonyl (C=O) groups is 1. The molecule has 2 heterocycles. The van der Waals surface area contributed by atoms with E-state index in [0.29, 0.717) is 11.7 Å². The molecule has 0 radical (unpaired) electrons. The Morgan fingerprint density at radius 3 is 3.19 bits per heavy atom. The molecule has 1 aromatic heterocycles. The highest BCUT2D eigenvalue weighted by molar-refractivity contribution is 8.00. The van der Waals surface area contributed by atoms with Gasteiger partial charge in [-0.15, -0.1) is 11.8 Å². The van der Waals surface area contributed by atoms with Gasteiger partial charge in [-0.2, -0.15) is 23.1 Å². The lowest BCUT2D eigenvalue weighted by molar-refractivity contribution is -0.128. The molecule has 1 atom stereocenters. The Kier molecular flexibility index (Phi) is 4.61. The van der Waals surface area contributed by atoms with Crippen molar-refractivity contribution in [1.29, 1.82) is 0 Å². The topological polar surface area (TPSA) is 20.3 Å². The Bertz CT molecular complexity index is 339. The van der Waals surface area contributed by atoms with Gasteiger partial charge in [0.1, 0.15) is 5.37 Å². The van der Waals surface area contributed by atoms with Crippen LogP contribution in [0.25, 0.3) is 0 Å². The molecule has 0 bridgehead atoms. The van der Waals surface area contributed by atoms with Crippen molar-refractivity contribution in [2.24, 2.45) is 0 Å². The van der Waals surface area contributed by atoms with Gasteiger partial charge in [-0.3, -0.25) is 4.79 Å². The van der Waals surface area contributed by atoms with Crippen molar-refractivity contribution in [2.45, 2.75) is 11.8 Å². The van der Waals surface area contributed by atoms with E-state index in [1.165, 1.54) is 5.56 Å². The lowest BCUT2D eigenvalue weighted by atomic mass is 10.3. The number of rotatable bonds is 5. The summed E-state index contributed by atoms with van der Waals surface area (Å²) < 4.78 is 0. The average molecular weight is 273 g/mol. The number of thioether (sulfide) groups is 2. The van der Waals surface area contributed by atoms with Crippen molar-refractivity contribution in [2.75, 3.05) is 24.3 Å². The lowest BCUT2D eigenvalue weighted by Gasteiger charge is -2.23. The van der Waals surface area contributed by atoms with Gasteiger partial charge in [0, 0.05) is 6.54 Å². The molecule has 0 aliphatic carbocycles. The molecule has 1 unspecified atom stereocenters. The summed E-state index contributed by atoms with van der Waals surface area (Å²) in [4.78, 5) is 13.8. The van der Waals surface area contributed by atoms with Gasteiger partial charge < -0.3 is 4.90 Å². The number of hydrogen-bond donors (Lipinski definition) is 0. The van der Waals surface area contributed by atoms with Crippen LogP contribution >= 0.6 is 34.9 Å². The Morgan fingerprint density at radius 2 is 2.50 bits per heavy atom. The molecule has 88 valence electrons. The van der Waals surface area contributed by atoms with E-state index in [-0.39, 0.29) is 5.37 Å². The third-order valence-corrected chi connectivity index (χ3v) is 5.20. The molecule has 16 heavy (non-hydrogen) atoms. The fourth-order valence-corrected chi connectivity index (χ4v) is 4.16. The van der Waals surface area contributed by atoms with Crippen molar-refractivity contribution in [1.82, 2.24) is 4.90 Å². The standard InChI is InChI=1S/C11H15NOS3/c1-14-5-2-4-12-10(13)8-16-11(12)9-3-6-15-7-9/h3,6-7,11H,2,4-5,8H2,1H3. The predicted octanol–water partition coefficient (Wildman–Crippen LogP) is 3.08. The highest BCUT2D eigenvalue weighted by Gasteiger charge is 2.32. The van der Waals surface area contributed by atoms with Crippen LogP contribution in [0, 0.1) is 0 Å². The van der Waals surface area contributed by atoms with Gasteiger partial charge in [0.2, 0.25) is 5.91 Å². The van der Waals surface area contributed by atoms with Crippen molar-refractivity contribution in [3.05, 3.63) is 22.4 Å². The first-order valence-corrected chi connectivity index (χ1v) is 8.63. The Balaban J connectivity index is 1.99. The van der Waals surface area contributed by atoms with Crippen LogP contribution in [-0.2, 0) is 4.79 Å². The molecule has 0 spiro atoms. The summed E-state index contributed by atoms with van der Waals surface area (Å²) >= 11 is 5.30. The van der Waals surface area contributed by atoms with Crippen molar-refractivity contribution in [3.8, 4) is 0 Å². The van der Waals surface area contributed by atoms with Crippen LogP contribution in [0.2, 0.25) is 0 Å². The van der Waals surface area contributed by atoms with E-state index in [1.54, 1.807) is 23.1 Å². The van der Waals surface area contributed by atoms with Gasteiger partial charge in [-0.05, 0) is 40.8 Å². The normalized spacial score (nSPS) is 20.7. The second-order valence-electron chi connectivity index (χ2n) is 3.65. The Morgan fingerprint density at radius 1 is 1.62 bits per heavy atom. The minimum absolute atomic E-state index is 0.264. The largest absolute Gasteiger partial charge is 0.326 e. The molecule has 0 saturated carbocycles. The Hall–Kier alpha value is -0.130. The number of nitrogens with zero attached hydrogens (tertiary/aromatic N) is 1. The van der Waals surface area contributed by atoms with Crippen LogP contribution in [0.5, 0.6) is 0 Å². The van der Waals surface area contributed by atoms with Crippen molar-refractivity contribution < 1.29 is 4.79 Å². The molecule has 2 nitrogen and oxygen atoms in total. The van der Waals surface area contributed by atoms with E-state index >= 15 is 0 Å². The van der Waals surface area contributed by atoms with Gasteiger partial charge >= 0.3 is 0 Å². The van der Waals surface area contributed by atoms with E-state index in [2.05, 4.69) is 23.1 Å². The maximum absolute atomic E-state index is 11.8. The van der Waals surface area contributed by atoms with E-state index in [0.717, 1.165) is 18.7 Å². The molecular weight excluding hydrogens is 258 g/mol. The second kappa shape index (κ2) is 5.98. The van der Waals surface area contributed by atoms with E-state index in [4.69, 9.17) is 0 Å². The van der Waals surface area contributed by atoms with Crippen LogP contribution in [0.15, 0.2) is 16.8 Å². The predicted molar refractivity (Wildman–Crippen MR) is 74.2 cm³/mol. The fraction of sp³-hybridized carbons (Fsp3) is 0.545. The molecule has 0 aromatic carbocycles. The quantitative estimate of drug-likeness (QED) is 0.769. The molecular formula is C11H15NOS3. The molecule has 1 fully saturated rings. The minimum atomic E-state index is 0.264. The van der Waals surface area contributed by atoms with E-state index in [1.807, 2.05) is 16.7 Å². The molecule has 2 rings (SSSR count). The molecule has 1 saturated heterocycles. The highest BCUT2D eigenvalue weighted by atomic mass is 32.2. The summed E-state index contributed by atoms with van der Waals surface area (Å²) in [6, 6.07) is 2.13. The van der Waals surface area contributed by atoms with Crippen molar-refractivity contribution in [3.63, 3.8) is 0 Å². The third kappa shape index (κ3) is 2.76. The molecule has 0 N–H and O–H groups in total. The van der Waals surface area contributed by atoms with Gasteiger partial charge in [0.25, 0.3) is 0 Å². The first-order chi connectivity index (χ1) is 7.83. The SMILES string of the molecule is CSCCCN1C(=O)CSC1c1ccsc1. The maximum Gasteiger partial charge on any atom is 0.233 e. The van der Waals surface area contributed by atoms with Crippen molar-refractivity contribution >= 4 is 40.8 Å². The smallest absolute Gasteiger partial charge is 0.233 e. The zero-order chi connectivity index (χ0) is 11.4. The summed E-state index contributed by atoms with van der Waals surface area (Å²) in [7, 11) is 0. The molecule has 1 aliphatic rings. The summed E-state index contributed by atoms with van der Waals surface area (Å²) in [5.41, 5.74) is 1.28. The summed E-state index contributed by atoms with van der Waals surface area (Å²) in [5.74, 6) is 2.06. The number of hydrogen-bond acceptors (Lipinski definition) is 4. The van der Waals surface area contributed by atoms with Crippen LogP contribution < -0.4 is 0 Å². The molecule has 5 heteroatoms. The van der Waals surface area contributed by atoms with Crippen LogP contribution in [0.1, 0.15) is 17.4 Å². The van der Waals surface area contributed by atoms with Crippen LogP contribution in [0.4, 0.5) is 0 Å². The van der Waals surface area contributed by atoms with Gasteiger partial charge in [0.05, 0.1) is 5.75 Å². The first-order valence-electron chi connectivity index (χ1n) is 5.25. The number of carbonyl (C=O) groups excluding carboxylic acids is 1. The van der Waals surface area contributed by atoms with E-state index < -0.39 is 0 Å².